The number of nitrogens with one attached hydrogen (secondary N) is 1. The van der Waals surface area contributed by atoms with Crippen LogP contribution >= 0.6 is 0 Å². The molecule has 0 saturated heterocycles. The summed E-state index contributed by atoms with van der Waals surface area (Å²) < 4.78 is 40.3. The highest BCUT2D eigenvalue weighted by molar-refractivity contribution is 5.33. The van der Waals surface area contributed by atoms with Crippen LogP contribution in [0, 0.1) is 31.3 Å². The average Bonchev–Trinajstić information content (AvgIpc) is 2.44. The first-order valence-corrected chi connectivity index (χ1v) is 6.80. The molecule has 0 bridgehead atoms. The minimum absolute atomic E-state index is 0.136. The number of halogens is 3. The highest BCUT2D eigenvalue weighted by Gasteiger charge is 2.18. The molecule has 0 aliphatic rings. The molecule has 0 spiro atoms. The van der Waals surface area contributed by atoms with Crippen LogP contribution < -0.4 is 5.32 Å². The molecule has 0 aliphatic carbocycles. The quantitative estimate of drug-likeness (QED) is 0.832. The first-order valence-electron chi connectivity index (χ1n) is 6.80. The van der Waals surface area contributed by atoms with Crippen molar-refractivity contribution in [2.45, 2.75) is 26.3 Å². The molecule has 0 aromatic heterocycles. The van der Waals surface area contributed by atoms with E-state index in [0.29, 0.717) is 12.5 Å². The second-order valence-electron chi connectivity index (χ2n) is 5.26. The highest BCUT2D eigenvalue weighted by Crippen LogP contribution is 2.25. The van der Waals surface area contributed by atoms with Crippen molar-refractivity contribution in [1.82, 2.24) is 5.32 Å². The van der Waals surface area contributed by atoms with Crippen molar-refractivity contribution in [3.63, 3.8) is 0 Å². The van der Waals surface area contributed by atoms with Crippen LogP contribution in [0.1, 0.15) is 28.3 Å². The second-order valence-corrected chi connectivity index (χ2v) is 5.26. The van der Waals surface area contributed by atoms with Gasteiger partial charge in [-0.25, -0.2) is 13.2 Å². The van der Waals surface area contributed by atoms with E-state index < -0.39 is 23.5 Å². The normalized spacial score (nSPS) is 12.5. The molecular weight excluding hydrogens is 275 g/mol. The van der Waals surface area contributed by atoms with E-state index in [1.165, 1.54) is 0 Å². The van der Waals surface area contributed by atoms with Gasteiger partial charge in [-0.2, -0.15) is 0 Å². The predicted molar refractivity (Wildman–Crippen MR) is 77.7 cm³/mol. The molecule has 4 heteroatoms. The van der Waals surface area contributed by atoms with Gasteiger partial charge in [-0.15, -0.1) is 0 Å². The standard InChI is InChI=1S/C17H18F3N/c1-10-4-5-11(2)12(6-10)7-17(21-3)13-8-15(19)16(20)9-14(13)18/h4-6,8-9,17,21H,7H2,1-3H3. The Hall–Kier alpha value is -1.81. The molecule has 21 heavy (non-hydrogen) atoms. The summed E-state index contributed by atoms with van der Waals surface area (Å²) in [5.41, 5.74) is 3.39. The predicted octanol–water partition coefficient (Wildman–Crippen LogP) is 4.22. The SMILES string of the molecule is CNC(Cc1cc(C)ccc1C)c1cc(F)c(F)cc1F. The maximum Gasteiger partial charge on any atom is 0.161 e. The van der Waals surface area contributed by atoms with Crippen LogP contribution in [0.25, 0.3) is 0 Å². The molecule has 1 nitrogen and oxygen atoms in total. The van der Waals surface area contributed by atoms with Crippen molar-refractivity contribution in [3.05, 3.63) is 70.0 Å². The Morgan fingerprint density at radius 1 is 0.952 bits per heavy atom. The number of likely N-dealkylation sites (N-methyl/N-ethyl adjacent to an activating group) is 1. The van der Waals surface area contributed by atoms with Crippen LogP contribution in [-0.2, 0) is 6.42 Å². The molecule has 1 unspecified atom stereocenters. The third-order valence-corrected chi connectivity index (χ3v) is 3.69. The molecule has 112 valence electrons. The Morgan fingerprint density at radius 3 is 2.29 bits per heavy atom. The Balaban J connectivity index is 2.36. The molecule has 2 rings (SSSR count). The summed E-state index contributed by atoms with van der Waals surface area (Å²) in [6.07, 6.45) is 0.506. The lowest BCUT2D eigenvalue weighted by Crippen LogP contribution is -2.21. The van der Waals surface area contributed by atoms with E-state index in [2.05, 4.69) is 5.32 Å². The molecule has 0 aliphatic heterocycles. The maximum absolute atomic E-state index is 13.9. The summed E-state index contributed by atoms with van der Waals surface area (Å²) >= 11 is 0. The van der Waals surface area contributed by atoms with Crippen molar-refractivity contribution >= 4 is 0 Å². The Morgan fingerprint density at radius 2 is 1.62 bits per heavy atom. The smallest absolute Gasteiger partial charge is 0.161 e. The zero-order chi connectivity index (χ0) is 15.6. The van der Waals surface area contributed by atoms with E-state index in [0.717, 1.165) is 22.8 Å². The van der Waals surface area contributed by atoms with Crippen molar-refractivity contribution in [2.75, 3.05) is 7.05 Å². The van der Waals surface area contributed by atoms with Gasteiger partial charge in [0.1, 0.15) is 5.82 Å². The van der Waals surface area contributed by atoms with Crippen molar-refractivity contribution in [1.29, 1.82) is 0 Å². The van der Waals surface area contributed by atoms with Crippen LogP contribution in [-0.4, -0.2) is 7.05 Å². The molecular formula is C17H18F3N. The molecule has 0 radical (unpaired) electrons. The van der Waals surface area contributed by atoms with Crippen LogP contribution in [0.2, 0.25) is 0 Å². The average molecular weight is 293 g/mol. The third kappa shape index (κ3) is 3.45. The number of rotatable bonds is 4. The lowest BCUT2D eigenvalue weighted by molar-refractivity contribution is 0.474. The lowest BCUT2D eigenvalue weighted by atomic mass is 9.94. The summed E-state index contributed by atoms with van der Waals surface area (Å²) in [6, 6.07) is 7.14. The molecule has 0 fully saturated rings. The first kappa shape index (κ1) is 15.6. The van der Waals surface area contributed by atoms with Crippen LogP contribution in [0.15, 0.2) is 30.3 Å². The Bertz CT molecular complexity index is 653. The number of hydrogen-bond acceptors (Lipinski definition) is 1. The molecule has 2 aromatic rings. The summed E-state index contributed by atoms with van der Waals surface area (Å²) in [7, 11) is 1.68. The van der Waals surface area contributed by atoms with E-state index in [9.17, 15) is 13.2 Å². The minimum Gasteiger partial charge on any atom is -0.313 e. The third-order valence-electron chi connectivity index (χ3n) is 3.69. The fraction of sp³-hybridized carbons (Fsp3) is 0.294. The van der Waals surface area contributed by atoms with Gasteiger partial charge < -0.3 is 5.32 Å². The highest BCUT2D eigenvalue weighted by atomic mass is 19.2. The zero-order valence-electron chi connectivity index (χ0n) is 12.3. The second kappa shape index (κ2) is 6.31. The molecule has 0 heterocycles. The van der Waals surface area contributed by atoms with Gasteiger partial charge in [-0.1, -0.05) is 23.8 Å². The van der Waals surface area contributed by atoms with E-state index in [1.807, 2.05) is 32.0 Å². The van der Waals surface area contributed by atoms with E-state index in [1.54, 1.807) is 7.05 Å². The van der Waals surface area contributed by atoms with Gasteiger partial charge in [0, 0.05) is 17.7 Å². The van der Waals surface area contributed by atoms with Crippen LogP contribution in [0.5, 0.6) is 0 Å². The van der Waals surface area contributed by atoms with Crippen molar-refractivity contribution in [3.8, 4) is 0 Å². The summed E-state index contributed by atoms with van der Waals surface area (Å²) in [5.74, 6) is -2.94. The summed E-state index contributed by atoms with van der Waals surface area (Å²) in [6.45, 7) is 3.96. The molecule has 0 saturated carbocycles. The van der Waals surface area contributed by atoms with Gasteiger partial charge in [-0.3, -0.25) is 0 Å². The number of hydrogen-bond donors (Lipinski definition) is 1. The maximum atomic E-state index is 13.9. The van der Waals surface area contributed by atoms with Gasteiger partial charge in [0.25, 0.3) is 0 Å². The Kier molecular flexibility index (Phi) is 4.68. The zero-order valence-corrected chi connectivity index (χ0v) is 12.3. The van der Waals surface area contributed by atoms with Crippen LogP contribution in [0.4, 0.5) is 13.2 Å². The monoisotopic (exact) mass is 293 g/mol. The minimum atomic E-state index is -1.17. The van der Waals surface area contributed by atoms with E-state index in [4.69, 9.17) is 0 Å². The first-order chi connectivity index (χ1) is 9.92. The fourth-order valence-corrected chi connectivity index (χ4v) is 2.41. The fourth-order valence-electron chi connectivity index (χ4n) is 2.41. The van der Waals surface area contributed by atoms with Crippen molar-refractivity contribution < 1.29 is 13.2 Å². The molecule has 1 N–H and O–H groups in total. The van der Waals surface area contributed by atoms with Gasteiger partial charge in [0.15, 0.2) is 11.6 Å². The van der Waals surface area contributed by atoms with Crippen molar-refractivity contribution in [2.24, 2.45) is 0 Å². The van der Waals surface area contributed by atoms with E-state index in [-0.39, 0.29) is 5.56 Å². The van der Waals surface area contributed by atoms with Gasteiger partial charge >= 0.3 is 0 Å². The largest absolute Gasteiger partial charge is 0.313 e. The summed E-state index contributed by atoms with van der Waals surface area (Å²) in [5, 5.41) is 2.97. The molecule has 1 atom stereocenters. The van der Waals surface area contributed by atoms with E-state index >= 15 is 0 Å². The van der Waals surface area contributed by atoms with Gasteiger partial charge in [0.2, 0.25) is 0 Å². The van der Waals surface area contributed by atoms with Gasteiger partial charge in [0.05, 0.1) is 0 Å². The lowest BCUT2D eigenvalue weighted by Gasteiger charge is -2.19. The molecule has 2 aromatic carbocycles. The van der Waals surface area contributed by atoms with Gasteiger partial charge in [-0.05, 0) is 44.5 Å². The van der Waals surface area contributed by atoms with Crippen LogP contribution in [0.3, 0.4) is 0 Å². The topological polar surface area (TPSA) is 12.0 Å². The number of aryl methyl sites for hydroxylation is 2. The Labute approximate surface area is 122 Å². The molecule has 0 amide bonds. The number of benzene rings is 2. The summed E-state index contributed by atoms with van der Waals surface area (Å²) in [4.78, 5) is 0.